The Hall–Kier alpha value is -1.59. The molecule has 1 saturated heterocycles. The summed E-state index contributed by atoms with van der Waals surface area (Å²) in [6.07, 6.45) is 1.98. The number of benzene rings is 1. The summed E-state index contributed by atoms with van der Waals surface area (Å²) < 4.78 is 5.27. The Morgan fingerprint density at radius 2 is 2.14 bits per heavy atom. The summed E-state index contributed by atoms with van der Waals surface area (Å²) >= 11 is 0. The first-order valence-electron chi connectivity index (χ1n) is 7.90. The summed E-state index contributed by atoms with van der Waals surface area (Å²) in [5.41, 5.74) is 1.28. The van der Waals surface area contributed by atoms with Crippen LogP contribution in [0.15, 0.2) is 24.3 Å². The molecule has 0 saturated carbocycles. The normalized spacial score (nSPS) is 22.3. The van der Waals surface area contributed by atoms with Crippen LogP contribution in [0.3, 0.4) is 0 Å². The summed E-state index contributed by atoms with van der Waals surface area (Å²) in [5, 5.41) is 6.39. The molecule has 1 amide bonds. The van der Waals surface area contributed by atoms with Gasteiger partial charge >= 0.3 is 0 Å². The Labute approximate surface area is 133 Å². The average Bonchev–Trinajstić information content (AvgIpc) is 2.52. The maximum absolute atomic E-state index is 11.3. The zero-order valence-electron chi connectivity index (χ0n) is 13.8. The van der Waals surface area contributed by atoms with E-state index in [2.05, 4.69) is 27.7 Å². The van der Waals surface area contributed by atoms with Crippen LogP contribution in [0.5, 0.6) is 5.75 Å². The number of nitrogens with one attached hydrogen (secondary N) is 2. The van der Waals surface area contributed by atoms with E-state index in [4.69, 9.17) is 4.74 Å². The first kappa shape index (κ1) is 16.8. The fourth-order valence-corrected chi connectivity index (χ4v) is 3.09. The van der Waals surface area contributed by atoms with Gasteiger partial charge in [-0.3, -0.25) is 9.69 Å². The van der Waals surface area contributed by atoms with E-state index in [0.717, 1.165) is 38.2 Å². The second-order valence-corrected chi connectivity index (χ2v) is 5.98. The first-order valence-corrected chi connectivity index (χ1v) is 7.90. The average molecular weight is 305 g/mol. The van der Waals surface area contributed by atoms with Gasteiger partial charge in [0.2, 0.25) is 5.91 Å². The van der Waals surface area contributed by atoms with Gasteiger partial charge in [-0.15, -0.1) is 0 Å². The smallest absolute Gasteiger partial charge is 0.217 e. The molecule has 0 aromatic heterocycles. The van der Waals surface area contributed by atoms with Crippen molar-refractivity contribution < 1.29 is 9.53 Å². The molecule has 0 aliphatic carbocycles. The molecular formula is C17H27N3O2. The van der Waals surface area contributed by atoms with Crippen molar-refractivity contribution in [2.75, 3.05) is 33.8 Å². The van der Waals surface area contributed by atoms with Crippen molar-refractivity contribution in [3.05, 3.63) is 29.8 Å². The number of carbonyl (C=O) groups is 1. The third-order valence-corrected chi connectivity index (χ3v) is 4.19. The molecule has 0 bridgehead atoms. The Kier molecular flexibility index (Phi) is 6.21. The third kappa shape index (κ3) is 5.00. The summed E-state index contributed by atoms with van der Waals surface area (Å²) in [6.45, 7) is 4.52. The second kappa shape index (κ2) is 8.15. The number of piperidine rings is 1. The summed E-state index contributed by atoms with van der Waals surface area (Å²) in [7, 11) is 3.68. The van der Waals surface area contributed by atoms with Crippen molar-refractivity contribution in [3.63, 3.8) is 0 Å². The van der Waals surface area contributed by atoms with Crippen LogP contribution in [0.4, 0.5) is 0 Å². The Bertz CT molecular complexity index is 493. The molecule has 5 heteroatoms. The fourth-order valence-electron chi connectivity index (χ4n) is 3.09. The maximum atomic E-state index is 11.3. The minimum atomic E-state index is 0.0505. The van der Waals surface area contributed by atoms with E-state index in [1.54, 1.807) is 14.0 Å². The van der Waals surface area contributed by atoms with Crippen LogP contribution >= 0.6 is 0 Å². The predicted octanol–water partition coefficient (Wildman–Crippen LogP) is 1.04. The van der Waals surface area contributed by atoms with Gasteiger partial charge in [0.1, 0.15) is 5.75 Å². The highest BCUT2D eigenvalue weighted by Crippen LogP contribution is 2.15. The molecule has 2 atom stereocenters. The van der Waals surface area contributed by atoms with Gasteiger partial charge in [-0.25, -0.2) is 0 Å². The van der Waals surface area contributed by atoms with Gasteiger partial charge in [0.05, 0.1) is 7.11 Å². The molecule has 1 heterocycles. The third-order valence-electron chi connectivity index (χ3n) is 4.19. The maximum Gasteiger partial charge on any atom is 0.217 e. The molecular weight excluding hydrogens is 278 g/mol. The minimum Gasteiger partial charge on any atom is -0.497 e. The molecule has 22 heavy (non-hydrogen) atoms. The molecule has 2 N–H and O–H groups in total. The zero-order chi connectivity index (χ0) is 15.9. The van der Waals surface area contributed by atoms with E-state index in [1.807, 2.05) is 19.2 Å². The van der Waals surface area contributed by atoms with Gasteiger partial charge in [-0.2, -0.15) is 0 Å². The van der Waals surface area contributed by atoms with Crippen LogP contribution in [0.25, 0.3) is 0 Å². The monoisotopic (exact) mass is 305 g/mol. The van der Waals surface area contributed by atoms with Crippen molar-refractivity contribution in [1.82, 2.24) is 15.5 Å². The molecule has 1 aromatic carbocycles. The van der Waals surface area contributed by atoms with Gasteiger partial charge in [-0.05, 0) is 37.6 Å². The van der Waals surface area contributed by atoms with Crippen LogP contribution in [0.2, 0.25) is 0 Å². The predicted molar refractivity (Wildman–Crippen MR) is 88.2 cm³/mol. The lowest BCUT2D eigenvalue weighted by molar-refractivity contribution is -0.120. The lowest BCUT2D eigenvalue weighted by Gasteiger charge is -2.38. The Balaban J connectivity index is 1.90. The topological polar surface area (TPSA) is 53.6 Å². The van der Waals surface area contributed by atoms with Crippen LogP contribution in [-0.4, -0.2) is 56.7 Å². The quantitative estimate of drug-likeness (QED) is 0.824. The van der Waals surface area contributed by atoms with E-state index >= 15 is 0 Å². The summed E-state index contributed by atoms with van der Waals surface area (Å²) in [5.74, 6) is 0.954. The summed E-state index contributed by atoms with van der Waals surface area (Å²) in [4.78, 5) is 13.7. The number of rotatable bonds is 6. The molecule has 2 unspecified atom stereocenters. The number of amides is 1. The van der Waals surface area contributed by atoms with Gasteiger partial charge in [0.25, 0.3) is 0 Å². The standard InChI is InChI=1S/C17H27N3O2/c1-13(21)19-16-10-15(18-2)11-20(12-16)8-7-14-5-4-6-17(9-14)22-3/h4-6,9,15-16,18H,7-8,10-12H2,1-3H3,(H,19,21). The fraction of sp³-hybridized carbons (Fsp3) is 0.588. The highest BCUT2D eigenvalue weighted by Gasteiger charge is 2.26. The minimum absolute atomic E-state index is 0.0505. The number of nitrogens with zero attached hydrogens (tertiary/aromatic N) is 1. The summed E-state index contributed by atoms with van der Waals surface area (Å²) in [6, 6.07) is 8.87. The van der Waals surface area contributed by atoms with E-state index in [-0.39, 0.29) is 11.9 Å². The largest absolute Gasteiger partial charge is 0.497 e. The van der Waals surface area contributed by atoms with Crippen molar-refractivity contribution >= 4 is 5.91 Å². The van der Waals surface area contributed by atoms with E-state index in [9.17, 15) is 4.79 Å². The number of methoxy groups -OCH3 is 1. The van der Waals surface area contributed by atoms with E-state index in [0.29, 0.717) is 6.04 Å². The number of hydrogen-bond acceptors (Lipinski definition) is 4. The van der Waals surface area contributed by atoms with Crippen molar-refractivity contribution in [1.29, 1.82) is 0 Å². The molecule has 1 aliphatic rings. The van der Waals surface area contributed by atoms with Crippen LogP contribution in [0, 0.1) is 0 Å². The van der Waals surface area contributed by atoms with E-state index < -0.39 is 0 Å². The molecule has 122 valence electrons. The highest BCUT2D eigenvalue weighted by atomic mass is 16.5. The highest BCUT2D eigenvalue weighted by molar-refractivity contribution is 5.73. The molecule has 5 nitrogen and oxygen atoms in total. The van der Waals surface area contributed by atoms with Gasteiger partial charge in [0.15, 0.2) is 0 Å². The van der Waals surface area contributed by atoms with E-state index in [1.165, 1.54) is 5.56 Å². The van der Waals surface area contributed by atoms with Gasteiger partial charge in [0, 0.05) is 38.6 Å². The van der Waals surface area contributed by atoms with Crippen molar-refractivity contribution in [2.45, 2.75) is 31.8 Å². The van der Waals surface area contributed by atoms with Crippen LogP contribution in [0.1, 0.15) is 18.9 Å². The van der Waals surface area contributed by atoms with Gasteiger partial charge < -0.3 is 15.4 Å². The van der Waals surface area contributed by atoms with Gasteiger partial charge in [-0.1, -0.05) is 12.1 Å². The Morgan fingerprint density at radius 3 is 2.82 bits per heavy atom. The second-order valence-electron chi connectivity index (χ2n) is 5.98. The van der Waals surface area contributed by atoms with Crippen molar-refractivity contribution in [3.8, 4) is 5.75 Å². The Morgan fingerprint density at radius 1 is 1.36 bits per heavy atom. The molecule has 1 aliphatic heterocycles. The zero-order valence-corrected chi connectivity index (χ0v) is 13.8. The molecule has 1 fully saturated rings. The first-order chi connectivity index (χ1) is 10.6. The number of hydrogen-bond donors (Lipinski definition) is 2. The number of likely N-dealkylation sites (N-methyl/N-ethyl adjacent to an activating group) is 1. The molecule has 0 spiro atoms. The lowest BCUT2D eigenvalue weighted by atomic mass is 10.00. The van der Waals surface area contributed by atoms with Crippen LogP contribution < -0.4 is 15.4 Å². The SMILES string of the molecule is CNC1CC(NC(C)=O)CN(CCc2cccc(OC)c2)C1. The lowest BCUT2D eigenvalue weighted by Crippen LogP contribution is -2.55. The van der Waals surface area contributed by atoms with Crippen molar-refractivity contribution in [2.24, 2.45) is 0 Å². The molecule has 2 rings (SSSR count). The van der Waals surface area contributed by atoms with Crippen LogP contribution in [-0.2, 0) is 11.2 Å². The number of carbonyl (C=O) groups excluding carboxylic acids is 1. The number of ether oxygens (including phenoxy) is 1. The number of likely N-dealkylation sites (tertiary alicyclic amines) is 1. The molecule has 0 radical (unpaired) electrons. The molecule has 1 aromatic rings.